The average molecular weight is 445 g/mol. The van der Waals surface area contributed by atoms with Crippen molar-refractivity contribution in [3.63, 3.8) is 0 Å². The van der Waals surface area contributed by atoms with Crippen LogP contribution in [0.25, 0.3) is 11.1 Å². The lowest BCUT2D eigenvalue weighted by molar-refractivity contribution is 0.0687. The van der Waals surface area contributed by atoms with Gasteiger partial charge in [0, 0.05) is 49.3 Å². The Labute approximate surface area is 186 Å². The Balaban J connectivity index is 1.77. The molecular weight excluding hydrogens is 415 g/mol. The molecule has 1 aromatic heterocycles. The molecule has 2 aliphatic rings. The van der Waals surface area contributed by atoms with E-state index in [1.165, 1.54) is 12.4 Å². The molecule has 2 aromatic rings. The zero-order valence-electron chi connectivity index (χ0n) is 18.7. The van der Waals surface area contributed by atoms with Crippen LogP contribution in [0, 0.1) is 5.82 Å². The van der Waals surface area contributed by atoms with E-state index >= 15 is 4.39 Å². The van der Waals surface area contributed by atoms with Crippen molar-refractivity contribution >= 4 is 17.4 Å². The topological polar surface area (TPSA) is 112 Å². The van der Waals surface area contributed by atoms with Gasteiger partial charge in [0.1, 0.15) is 11.4 Å². The Morgan fingerprint density at radius 2 is 2.12 bits per heavy atom. The molecule has 1 saturated heterocycles. The predicted octanol–water partition coefficient (Wildman–Crippen LogP) is 2.83. The van der Waals surface area contributed by atoms with E-state index in [2.05, 4.69) is 25.9 Å². The molecule has 3 heterocycles. The highest BCUT2D eigenvalue weighted by molar-refractivity contribution is 5.86. The Morgan fingerprint density at radius 3 is 2.72 bits per heavy atom. The minimum absolute atomic E-state index is 0.257. The lowest BCUT2D eigenvalue weighted by atomic mass is 9.96. The highest BCUT2D eigenvalue weighted by atomic mass is 19.1. The predicted molar refractivity (Wildman–Crippen MR) is 119 cm³/mol. The van der Waals surface area contributed by atoms with Gasteiger partial charge in [-0.05, 0) is 39.7 Å². The number of hydrogen-bond donors (Lipinski definition) is 4. The number of anilines is 2. The van der Waals surface area contributed by atoms with Gasteiger partial charge >= 0.3 is 6.03 Å². The first-order valence-corrected chi connectivity index (χ1v) is 10.8. The molecule has 0 spiro atoms. The van der Waals surface area contributed by atoms with E-state index in [-0.39, 0.29) is 18.0 Å². The minimum Gasteiger partial charge on any atom is -0.382 e. The molecule has 1 aromatic carbocycles. The summed E-state index contributed by atoms with van der Waals surface area (Å²) in [4.78, 5) is 22.4. The monoisotopic (exact) mass is 444 g/mol. The molecule has 2 aliphatic heterocycles. The van der Waals surface area contributed by atoms with Crippen molar-refractivity contribution in [3.8, 4) is 11.1 Å². The molecule has 4 rings (SSSR count). The third kappa shape index (κ3) is 4.07. The molecule has 0 bridgehead atoms. The molecule has 2 atom stereocenters. The van der Waals surface area contributed by atoms with Crippen LogP contribution in [0.5, 0.6) is 0 Å². The summed E-state index contributed by atoms with van der Waals surface area (Å²) in [6.07, 6.45) is 3.66. The summed E-state index contributed by atoms with van der Waals surface area (Å²) in [5.74, 6) is -0.151. The SMILES string of the molecule is CCNC(=O)NC1Nc2c(cc(-c3cnc(C(C)(C)O)nc3)c(F)c2[C@H]2CCCO2)N1C. The van der Waals surface area contributed by atoms with Crippen LogP contribution in [0.15, 0.2) is 18.5 Å². The fraction of sp³-hybridized carbons (Fsp3) is 0.500. The molecule has 0 saturated carbocycles. The van der Waals surface area contributed by atoms with E-state index < -0.39 is 17.7 Å². The maximum atomic E-state index is 15.9. The molecule has 2 amide bonds. The number of aromatic nitrogens is 2. The van der Waals surface area contributed by atoms with E-state index in [1.807, 2.05) is 18.9 Å². The second-order valence-corrected chi connectivity index (χ2v) is 8.56. The van der Waals surface area contributed by atoms with Crippen LogP contribution in [0.4, 0.5) is 20.6 Å². The first kappa shape index (κ1) is 22.2. The van der Waals surface area contributed by atoms with Gasteiger partial charge in [-0.1, -0.05) is 0 Å². The molecule has 0 radical (unpaired) electrons. The number of hydrogen-bond acceptors (Lipinski definition) is 7. The van der Waals surface area contributed by atoms with Crippen molar-refractivity contribution in [1.29, 1.82) is 0 Å². The maximum Gasteiger partial charge on any atom is 0.317 e. The van der Waals surface area contributed by atoms with E-state index in [1.54, 1.807) is 19.9 Å². The fourth-order valence-corrected chi connectivity index (χ4v) is 4.04. The third-order valence-corrected chi connectivity index (χ3v) is 5.69. The summed E-state index contributed by atoms with van der Waals surface area (Å²) in [6.45, 7) is 6.09. The summed E-state index contributed by atoms with van der Waals surface area (Å²) in [5, 5.41) is 18.9. The number of carbonyl (C=O) groups is 1. The molecule has 0 aliphatic carbocycles. The summed E-state index contributed by atoms with van der Waals surface area (Å²) in [5.41, 5.74) is 1.42. The highest BCUT2D eigenvalue weighted by Crippen LogP contribution is 2.47. The van der Waals surface area contributed by atoms with Crippen LogP contribution in [-0.4, -0.2) is 47.6 Å². The number of nitrogens with zero attached hydrogens (tertiary/aromatic N) is 3. The van der Waals surface area contributed by atoms with Gasteiger partial charge in [-0.2, -0.15) is 0 Å². The third-order valence-electron chi connectivity index (χ3n) is 5.69. The van der Waals surface area contributed by atoms with Crippen molar-refractivity contribution in [2.24, 2.45) is 0 Å². The van der Waals surface area contributed by atoms with Crippen molar-refractivity contribution in [2.75, 3.05) is 30.4 Å². The summed E-state index contributed by atoms with van der Waals surface area (Å²) >= 11 is 0. The summed E-state index contributed by atoms with van der Waals surface area (Å²) < 4.78 is 21.7. The standard InChI is InChI=1S/C22H29FN6O3/c1-5-24-21(30)28-20-27-18-14(29(20)4)9-13(17(23)16(18)15-7-6-8-32-15)12-10-25-19(26-11-12)22(2,3)31/h9-11,15,20,27,31H,5-8H2,1-4H3,(H2,24,28,30)/t15-,20?/m1/s1. The normalized spacial score (nSPS) is 20.1. The van der Waals surface area contributed by atoms with Gasteiger partial charge in [0.15, 0.2) is 12.1 Å². The quantitative estimate of drug-likeness (QED) is 0.561. The zero-order chi connectivity index (χ0) is 23.0. The molecule has 10 heteroatoms. The van der Waals surface area contributed by atoms with Gasteiger partial charge in [-0.3, -0.25) is 0 Å². The molecule has 9 nitrogen and oxygen atoms in total. The molecule has 172 valence electrons. The van der Waals surface area contributed by atoms with Crippen LogP contribution < -0.4 is 20.9 Å². The smallest absolute Gasteiger partial charge is 0.317 e. The number of halogens is 1. The molecular formula is C22H29FN6O3. The van der Waals surface area contributed by atoms with Crippen molar-refractivity contribution in [1.82, 2.24) is 20.6 Å². The second kappa shape index (κ2) is 8.51. The van der Waals surface area contributed by atoms with Gasteiger partial charge in [0.05, 0.1) is 17.5 Å². The number of rotatable bonds is 5. The Hall–Kier alpha value is -2.98. The summed E-state index contributed by atoms with van der Waals surface area (Å²) in [7, 11) is 1.82. The number of benzene rings is 1. The maximum absolute atomic E-state index is 15.9. The Kier molecular flexibility index (Phi) is 5.91. The highest BCUT2D eigenvalue weighted by Gasteiger charge is 2.36. The molecule has 32 heavy (non-hydrogen) atoms. The van der Waals surface area contributed by atoms with E-state index in [9.17, 15) is 9.90 Å². The van der Waals surface area contributed by atoms with Gasteiger partial charge in [0.2, 0.25) is 0 Å². The number of nitrogens with one attached hydrogen (secondary N) is 3. The van der Waals surface area contributed by atoms with Gasteiger partial charge in [-0.15, -0.1) is 0 Å². The number of ether oxygens (including phenoxy) is 1. The number of aliphatic hydroxyl groups is 1. The number of amides is 2. The second-order valence-electron chi connectivity index (χ2n) is 8.56. The number of carbonyl (C=O) groups excluding carboxylic acids is 1. The number of fused-ring (bicyclic) bond motifs is 1. The van der Waals surface area contributed by atoms with Crippen molar-refractivity contribution in [3.05, 3.63) is 35.7 Å². The van der Waals surface area contributed by atoms with E-state index in [4.69, 9.17) is 4.74 Å². The molecule has 4 N–H and O–H groups in total. The fourth-order valence-electron chi connectivity index (χ4n) is 4.04. The average Bonchev–Trinajstić information content (AvgIpc) is 3.36. The Morgan fingerprint density at radius 1 is 1.41 bits per heavy atom. The van der Waals surface area contributed by atoms with Crippen LogP contribution >= 0.6 is 0 Å². The van der Waals surface area contributed by atoms with Gasteiger partial charge in [-0.25, -0.2) is 19.2 Å². The number of urea groups is 1. The van der Waals surface area contributed by atoms with Crippen LogP contribution in [-0.2, 0) is 10.3 Å². The molecule has 1 fully saturated rings. The van der Waals surface area contributed by atoms with Crippen molar-refractivity contribution in [2.45, 2.75) is 51.6 Å². The van der Waals surface area contributed by atoms with Crippen LogP contribution in [0.1, 0.15) is 51.1 Å². The lowest BCUT2D eigenvalue weighted by Crippen LogP contribution is -2.51. The minimum atomic E-state index is -1.19. The van der Waals surface area contributed by atoms with Gasteiger partial charge in [0.25, 0.3) is 0 Å². The van der Waals surface area contributed by atoms with Crippen LogP contribution in [0.3, 0.4) is 0 Å². The van der Waals surface area contributed by atoms with E-state index in [0.717, 1.165) is 12.1 Å². The largest absolute Gasteiger partial charge is 0.382 e. The van der Waals surface area contributed by atoms with Crippen molar-refractivity contribution < 1.29 is 19.0 Å². The van der Waals surface area contributed by atoms with Crippen LogP contribution in [0.2, 0.25) is 0 Å². The van der Waals surface area contributed by atoms with Gasteiger partial charge < -0.3 is 30.7 Å². The lowest BCUT2D eigenvalue weighted by Gasteiger charge is -2.23. The zero-order valence-corrected chi connectivity index (χ0v) is 18.7. The molecule has 1 unspecified atom stereocenters. The summed E-state index contributed by atoms with van der Waals surface area (Å²) in [6, 6.07) is 1.40. The first-order valence-electron chi connectivity index (χ1n) is 10.8. The first-order chi connectivity index (χ1) is 15.2. The Bertz CT molecular complexity index is 1000. The van der Waals surface area contributed by atoms with E-state index in [0.29, 0.717) is 42.0 Å².